The third-order valence-corrected chi connectivity index (χ3v) is 4.40. The summed E-state index contributed by atoms with van der Waals surface area (Å²) in [5.41, 5.74) is 2.36. The van der Waals surface area contributed by atoms with Crippen LogP contribution in [0, 0.1) is 5.82 Å². The lowest BCUT2D eigenvalue weighted by atomic mass is 9.92. The average molecular weight is 336 g/mol. The van der Waals surface area contributed by atoms with Crippen LogP contribution in [0.2, 0.25) is 0 Å². The molecule has 0 radical (unpaired) electrons. The number of hydrogen-bond acceptors (Lipinski definition) is 1. The maximum Gasteiger partial charge on any atom is 0.137 e. The molecule has 1 N–H and O–H groups in total. The number of benzene rings is 2. The van der Waals surface area contributed by atoms with Crippen molar-refractivity contribution < 1.29 is 4.39 Å². The molecule has 0 spiro atoms. The first-order chi connectivity index (χ1) is 9.72. The molecule has 1 atom stereocenters. The van der Waals surface area contributed by atoms with Crippen molar-refractivity contribution in [1.29, 1.82) is 0 Å². The normalized spacial score (nSPS) is 12.3. The van der Waals surface area contributed by atoms with Crippen LogP contribution in [0.5, 0.6) is 0 Å². The van der Waals surface area contributed by atoms with Crippen LogP contribution in [0.1, 0.15) is 23.5 Å². The van der Waals surface area contributed by atoms with Crippen molar-refractivity contribution >= 4 is 15.9 Å². The smallest absolute Gasteiger partial charge is 0.137 e. The van der Waals surface area contributed by atoms with E-state index in [2.05, 4.69) is 45.5 Å². The van der Waals surface area contributed by atoms with E-state index in [4.69, 9.17) is 0 Å². The second-order valence-corrected chi connectivity index (χ2v) is 5.71. The summed E-state index contributed by atoms with van der Waals surface area (Å²) in [5.74, 6) is 0.253. The summed E-state index contributed by atoms with van der Waals surface area (Å²) in [4.78, 5) is 0. The highest BCUT2D eigenvalue weighted by Gasteiger charge is 2.12. The molecule has 0 aliphatic rings. The highest BCUT2D eigenvalue weighted by molar-refractivity contribution is 9.10. The lowest BCUT2D eigenvalue weighted by Crippen LogP contribution is -2.18. The van der Waals surface area contributed by atoms with E-state index in [-0.39, 0.29) is 5.82 Å². The van der Waals surface area contributed by atoms with Crippen LogP contribution >= 0.6 is 15.9 Å². The number of nitrogens with one attached hydrogen (secondary N) is 1. The van der Waals surface area contributed by atoms with Crippen LogP contribution in [-0.2, 0) is 6.42 Å². The Morgan fingerprint density at radius 3 is 2.55 bits per heavy atom. The number of hydrogen-bond donors (Lipinski definition) is 1. The van der Waals surface area contributed by atoms with E-state index < -0.39 is 0 Å². The topological polar surface area (TPSA) is 12.0 Å². The highest BCUT2D eigenvalue weighted by Crippen LogP contribution is 2.26. The summed E-state index contributed by atoms with van der Waals surface area (Å²) in [6.45, 7) is 0.928. The lowest BCUT2D eigenvalue weighted by molar-refractivity contribution is 0.578. The second-order valence-electron chi connectivity index (χ2n) is 4.92. The van der Waals surface area contributed by atoms with Crippen molar-refractivity contribution in [3.05, 3.63) is 69.9 Å². The first-order valence-corrected chi connectivity index (χ1v) is 7.64. The average Bonchev–Trinajstić information content (AvgIpc) is 2.48. The van der Waals surface area contributed by atoms with Crippen molar-refractivity contribution in [2.75, 3.05) is 13.6 Å². The molecule has 20 heavy (non-hydrogen) atoms. The Morgan fingerprint density at radius 1 is 1.10 bits per heavy atom. The first kappa shape index (κ1) is 15.2. The molecule has 0 bridgehead atoms. The van der Waals surface area contributed by atoms with Gasteiger partial charge in [0.1, 0.15) is 5.82 Å². The Labute approximate surface area is 128 Å². The van der Waals surface area contributed by atoms with E-state index in [9.17, 15) is 4.39 Å². The SMILES string of the molecule is CNCC(CCc1cccc(F)c1Br)c1ccccc1. The molecule has 2 rings (SSSR count). The van der Waals surface area contributed by atoms with Crippen LogP contribution in [0.15, 0.2) is 53.0 Å². The monoisotopic (exact) mass is 335 g/mol. The van der Waals surface area contributed by atoms with E-state index in [0.29, 0.717) is 10.4 Å². The minimum atomic E-state index is -0.188. The molecule has 0 amide bonds. The predicted octanol–water partition coefficient (Wildman–Crippen LogP) is 4.52. The van der Waals surface area contributed by atoms with E-state index in [0.717, 1.165) is 24.9 Å². The van der Waals surface area contributed by atoms with E-state index >= 15 is 0 Å². The summed E-state index contributed by atoms with van der Waals surface area (Å²) in [5, 5.41) is 3.24. The van der Waals surface area contributed by atoms with Gasteiger partial charge in [0, 0.05) is 6.54 Å². The fourth-order valence-corrected chi connectivity index (χ4v) is 2.89. The van der Waals surface area contributed by atoms with Gasteiger partial charge in [-0.25, -0.2) is 4.39 Å². The maximum absolute atomic E-state index is 13.5. The van der Waals surface area contributed by atoms with Gasteiger partial charge in [-0.2, -0.15) is 0 Å². The number of rotatable bonds is 6. The molecule has 1 unspecified atom stereocenters. The Bertz CT molecular complexity index is 542. The largest absolute Gasteiger partial charge is 0.319 e. The van der Waals surface area contributed by atoms with E-state index in [1.807, 2.05) is 19.2 Å². The first-order valence-electron chi connectivity index (χ1n) is 6.84. The Hall–Kier alpha value is -1.19. The van der Waals surface area contributed by atoms with Crippen LogP contribution in [0.3, 0.4) is 0 Å². The standard InChI is InChI=1S/C17H19BrFN/c1-20-12-15(13-6-3-2-4-7-13)11-10-14-8-5-9-16(19)17(14)18/h2-9,15,20H,10-12H2,1H3. The van der Waals surface area contributed by atoms with E-state index in [1.165, 1.54) is 11.6 Å². The van der Waals surface area contributed by atoms with Gasteiger partial charge in [-0.05, 0) is 58.9 Å². The van der Waals surface area contributed by atoms with Gasteiger partial charge in [0.15, 0.2) is 0 Å². The molecule has 3 heteroatoms. The summed E-state index contributed by atoms with van der Waals surface area (Å²) in [6, 6.07) is 15.7. The number of halogens is 2. The molecule has 0 fully saturated rings. The number of aryl methyl sites for hydroxylation is 1. The second kappa shape index (κ2) is 7.55. The fraction of sp³-hybridized carbons (Fsp3) is 0.294. The van der Waals surface area contributed by atoms with Crippen molar-refractivity contribution in [3.8, 4) is 0 Å². The molecule has 0 saturated carbocycles. The zero-order chi connectivity index (χ0) is 14.4. The third kappa shape index (κ3) is 3.90. The van der Waals surface area contributed by atoms with Gasteiger partial charge in [0.2, 0.25) is 0 Å². The third-order valence-electron chi connectivity index (χ3n) is 3.52. The van der Waals surface area contributed by atoms with Gasteiger partial charge in [0.05, 0.1) is 4.47 Å². The van der Waals surface area contributed by atoms with Crippen LogP contribution in [0.4, 0.5) is 4.39 Å². The zero-order valence-corrected chi connectivity index (χ0v) is 13.2. The van der Waals surface area contributed by atoms with Gasteiger partial charge < -0.3 is 5.32 Å². The van der Waals surface area contributed by atoms with Gasteiger partial charge in [-0.15, -0.1) is 0 Å². The molecule has 106 valence electrons. The van der Waals surface area contributed by atoms with Crippen LogP contribution < -0.4 is 5.32 Å². The molecule has 0 saturated heterocycles. The molecule has 0 aliphatic heterocycles. The van der Waals surface area contributed by atoms with Gasteiger partial charge >= 0.3 is 0 Å². The summed E-state index contributed by atoms with van der Waals surface area (Å²) in [7, 11) is 1.97. The van der Waals surface area contributed by atoms with Gasteiger partial charge in [-0.3, -0.25) is 0 Å². The summed E-state index contributed by atoms with van der Waals surface area (Å²) < 4.78 is 14.1. The highest BCUT2D eigenvalue weighted by atomic mass is 79.9. The molecular formula is C17H19BrFN. The van der Waals surface area contributed by atoms with Crippen molar-refractivity contribution in [3.63, 3.8) is 0 Å². The van der Waals surface area contributed by atoms with Crippen molar-refractivity contribution in [1.82, 2.24) is 5.32 Å². The maximum atomic E-state index is 13.5. The molecule has 2 aromatic rings. The van der Waals surface area contributed by atoms with Crippen molar-refractivity contribution in [2.45, 2.75) is 18.8 Å². The van der Waals surface area contributed by atoms with Gasteiger partial charge in [0.25, 0.3) is 0 Å². The molecule has 2 aromatic carbocycles. The van der Waals surface area contributed by atoms with Crippen molar-refractivity contribution in [2.24, 2.45) is 0 Å². The lowest BCUT2D eigenvalue weighted by Gasteiger charge is -2.17. The minimum absolute atomic E-state index is 0.188. The Kier molecular flexibility index (Phi) is 5.74. The fourth-order valence-electron chi connectivity index (χ4n) is 2.43. The quantitative estimate of drug-likeness (QED) is 0.818. The molecular weight excluding hydrogens is 317 g/mol. The van der Waals surface area contributed by atoms with E-state index in [1.54, 1.807) is 6.07 Å². The molecule has 0 heterocycles. The number of likely N-dealkylation sites (N-methyl/N-ethyl adjacent to an activating group) is 1. The summed E-state index contributed by atoms with van der Waals surface area (Å²) >= 11 is 3.33. The predicted molar refractivity (Wildman–Crippen MR) is 85.5 cm³/mol. The van der Waals surface area contributed by atoms with Gasteiger partial charge in [-0.1, -0.05) is 42.5 Å². The molecule has 1 nitrogen and oxygen atoms in total. The summed E-state index contributed by atoms with van der Waals surface area (Å²) in [6.07, 6.45) is 1.85. The zero-order valence-electron chi connectivity index (χ0n) is 11.6. The minimum Gasteiger partial charge on any atom is -0.319 e. The van der Waals surface area contributed by atoms with Crippen LogP contribution in [-0.4, -0.2) is 13.6 Å². The Balaban J connectivity index is 2.08. The van der Waals surface area contributed by atoms with Crippen LogP contribution in [0.25, 0.3) is 0 Å². The molecule has 0 aromatic heterocycles. The Morgan fingerprint density at radius 2 is 1.85 bits per heavy atom. The molecule has 0 aliphatic carbocycles.